The number of nitrogens with two attached hydrogens (primary N) is 1. The van der Waals surface area contributed by atoms with Gasteiger partial charge in [0.15, 0.2) is 0 Å². The summed E-state index contributed by atoms with van der Waals surface area (Å²) in [7, 11) is -1.10. The Morgan fingerprint density at radius 1 is 1.03 bits per heavy atom. The predicted molar refractivity (Wildman–Crippen MR) is 126 cm³/mol. The second kappa shape index (κ2) is 9.93. The average molecular weight is 488 g/mol. The third-order valence-electron chi connectivity index (χ3n) is 4.82. The van der Waals surface area contributed by atoms with Crippen molar-refractivity contribution in [1.82, 2.24) is 4.90 Å². The fourth-order valence-electron chi connectivity index (χ4n) is 3.11. The van der Waals surface area contributed by atoms with Crippen molar-refractivity contribution in [3.05, 3.63) is 88.4 Å². The summed E-state index contributed by atoms with van der Waals surface area (Å²) >= 11 is 6.16. The average Bonchev–Trinajstić information content (AvgIpc) is 2.79. The van der Waals surface area contributed by atoms with E-state index in [9.17, 15) is 18.0 Å². The molecule has 0 unspecified atom stereocenters. The van der Waals surface area contributed by atoms with Gasteiger partial charge >= 0.3 is 0 Å². The summed E-state index contributed by atoms with van der Waals surface area (Å²) in [5.41, 5.74) is 6.77. The van der Waals surface area contributed by atoms with E-state index in [2.05, 4.69) is 4.72 Å². The summed E-state index contributed by atoms with van der Waals surface area (Å²) in [5.74, 6) is -0.603. The summed E-state index contributed by atoms with van der Waals surface area (Å²) < 4.78 is 33.6. The minimum absolute atomic E-state index is 0.0290. The number of ether oxygens (including phenoxy) is 1. The molecule has 3 aromatic carbocycles. The van der Waals surface area contributed by atoms with Gasteiger partial charge in [0.25, 0.3) is 15.9 Å². The van der Waals surface area contributed by atoms with E-state index in [1.807, 2.05) is 0 Å². The van der Waals surface area contributed by atoms with Gasteiger partial charge in [0.1, 0.15) is 10.6 Å². The number of rotatable bonds is 8. The maximum Gasteiger partial charge on any atom is 0.263 e. The van der Waals surface area contributed by atoms with Crippen molar-refractivity contribution in [2.75, 3.05) is 18.9 Å². The van der Waals surface area contributed by atoms with Crippen LogP contribution < -0.4 is 15.2 Å². The van der Waals surface area contributed by atoms with Gasteiger partial charge < -0.3 is 15.4 Å². The van der Waals surface area contributed by atoms with Crippen molar-refractivity contribution in [3.8, 4) is 5.75 Å². The molecular weight excluding hydrogens is 466 g/mol. The van der Waals surface area contributed by atoms with Crippen LogP contribution >= 0.6 is 11.6 Å². The van der Waals surface area contributed by atoms with Crippen LogP contribution in [0.1, 0.15) is 26.3 Å². The van der Waals surface area contributed by atoms with Crippen molar-refractivity contribution < 1.29 is 22.7 Å². The summed E-state index contributed by atoms with van der Waals surface area (Å²) in [4.78, 5) is 25.3. The predicted octanol–water partition coefficient (Wildman–Crippen LogP) is 3.52. The third-order valence-corrected chi connectivity index (χ3v) is 6.67. The van der Waals surface area contributed by atoms with Crippen molar-refractivity contribution in [2.24, 2.45) is 5.73 Å². The molecule has 0 saturated heterocycles. The number of benzene rings is 3. The molecule has 3 N–H and O–H groups in total. The molecule has 0 aliphatic carbocycles. The second-order valence-electron chi connectivity index (χ2n) is 7.17. The highest BCUT2D eigenvalue weighted by Gasteiger charge is 2.23. The van der Waals surface area contributed by atoms with Gasteiger partial charge in [-0.15, -0.1) is 0 Å². The van der Waals surface area contributed by atoms with Gasteiger partial charge in [0.05, 0.1) is 17.8 Å². The minimum atomic E-state index is -4.11. The molecule has 0 aliphatic rings. The first-order valence-electron chi connectivity index (χ1n) is 9.72. The molecule has 172 valence electrons. The number of nitrogens with zero attached hydrogens (tertiary/aromatic N) is 1. The monoisotopic (exact) mass is 487 g/mol. The summed E-state index contributed by atoms with van der Waals surface area (Å²) in [6.45, 7) is 0.238. The van der Waals surface area contributed by atoms with E-state index >= 15 is 0 Å². The van der Waals surface area contributed by atoms with Gasteiger partial charge in [-0.2, -0.15) is 0 Å². The Morgan fingerprint density at radius 3 is 2.30 bits per heavy atom. The number of carbonyl (C=O) groups is 2. The largest absolute Gasteiger partial charge is 0.495 e. The summed E-state index contributed by atoms with van der Waals surface area (Å²) in [6.07, 6.45) is 0. The first-order chi connectivity index (χ1) is 15.6. The molecule has 33 heavy (non-hydrogen) atoms. The van der Waals surface area contributed by atoms with E-state index in [-0.39, 0.29) is 27.7 Å². The Hall–Kier alpha value is -3.56. The number of sulfonamides is 1. The Morgan fingerprint density at radius 2 is 1.67 bits per heavy atom. The van der Waals surface area contributed by atoms with Crippen LogP contribution in [0.15, 0.2) is 71.6 Å². The van der Waals surface area contributed by atoms with E-state index in [1.54, 1.807) is 55.6 Å². The van der Waals surface area contributed by atoms with Crippen LogP contribution in [0.25, 0.3) is 0 Å². The molecule has 0 heterocycles. The zero-order valence-electron chi connectivity index (χ0n) is 17.9. The Kier molecular flexibility index (Phi) is 7.25. The standard InChI is InChI=1S/C23H22ClN3O5S/c1-27(14-15-7-9-16(10-8-15)22(25)28)23(29)17-11-12-18(24)21(13-17)33(30,31)26-19-5-3-4-6-20(19)32-2/h3-13,26H,14H2,1-2H3,(H2,25,28). The van der Waals surface area contributed by atoms with Gasteiger partial charge in [0, 0.05) is 24.7 Å². The summed E-state index contributed by atoms with van der Waals surface area (Å²) in [5, 5.41) is -0.0290. The van der Waals surface area contributed by atoms with Crippen LogP contribution in [0.5, 0.6) is 5.75 Å². The molecule has 10 heteroatoms. The molecule has 0 atom stereocenters. The van der Waals surface area contributed by atoms with Gasteiger partial charge in [-0.1, -0.05) is 35.9 Å². The van der Waals surface area contributed by atoms with E-state index in [0.717, 1.165) is 5.56 Å². The highest BCUT2D eigenvalue weighted by atomic mass is 35.5. The molecule has 0 saturated carbocycles. The van der Waals surface area contributed by atoms with Crippen LogP contribution in [-0.4, -0.2) is 39.3 Å². The molecule has 0 radical (unpaired) electrons. The fraction of sp³-hybridized carbons (Fsp3) is 0.130. The molecule has 0 bridgehead atoms. The zero-order chi connectivity index (χ0) is 24.2. The molecule has 8 nitrogen and oxygen atoms in total. The van der Waals surface area contributed by atoms with Crippen molar-refractivity contribution in [1.29, 1.82) is 0 Å². The highest BCUT2D eigenvalue weighted by Crippen LogP contribution is 2.29. The van der Waals surface area contributed by atoms with E-state index < -0.39 is 21.8 Å². The highest BCUT2D eigenvalue weighted by molar-refractivity contribution is 7.92. The third kappa shape index (κ3) is 5.63. The lowest BCUT2D eigenvalue weighted by molar-refractivity contribution is 0.0784. The molecular formula is C23H22ClN3O5S. The number of para-hydroxylation sites is 2. The first-order valence-corrected chi connectivity index (χ1v) is 11.6. The van der Waals surface area contributed by atoms with Crippen molar-refractivity contribution in [3.63, 3.8) is 0 Å². The molecule has 0 aromatic heterocycles. The quantitative estimate of drug-likeness (QED) is 0.504. The Balaban J connectivity index is 1.83. The molecule has 2 amide bonds. The lowest BCUT2D eigenvalue weighted by atomic mass is 10.1. The topological polar surface area (TPSA) is 119 Å². The number of nitrogens with one attached hydrogen (secondary N) is 1. The number of amides is 2. The molecule has 0 spiro atoms. The molecule has 0 aliphatic heterocycles. The number of anilines is 1. The maximum atomic E-state index is 13.0. The minimum Gasteiger partial charge on any atom is -0.495 e. The van der Waals surface area contributed by atoms with Crippen molar-refractivity contribution >= 4 is 39.1 Å². The SMILES string of the molecule is COc1ccccc1NS(=O)(=O)c1cc(C(=O)N(C)Cc2ccc(C(N)=O)cc2)ccc1Cl. The zero-order valence-corrected chi connectivity index (χ0v) is 19.5. The number of halogens is 1. The number of hydrogen-bond donors (Lipinski definition) is 2. The number of hydrogen-bond acceptors (Lipinski definition) is 5. The lowest BCUT2D eigenvalue weighted by Crippen LogP contribution is -2.26. The van der Waals surface area contributed by atoms with Crippen LogP contribution in [0.2, 0.25) is 5.02 Å². The Labute approximate surface area is 197 Å². The molecule has 0 fully saturated rings. The molecule has 3 aromatic rings. The van der Waals surface area contributed by atoms with E-state index in [4.69, 9.17) is 22.1 Å². The Bertz CT molecular complexity index is 1290. The van der Waals surface area contributed by atoms with E-state index in [1.165, 1.54) is 30.2 Å². The van der Waals surface area contributed by atoms with Crippen molar-refractivity contribution in [2.45, 2.75) is 11.4 Å². The van der Waals surface area contributed by atoms with Gasteiger partial charge in [-0.3, -0.25) is 14.3 Å². The van der Waals surface area contributed by atoms with Crippen LogP contribution in [0, 0.1) is 0 Å². The second-order valence-corrected chi connectivity index (χ2v) is 9.23. The smallest absolute Gasteiger partial charge is 0.263 e. The van der Waals surface area contributed by atoms with Gasteiger partial charge in [-0.25, -0.2) is 8.42 Å². The fourth-order valence-corrected chi connectivity index (χ4v) is 4.71. The number of carbonyl (C=O) groups excluding carboxylic acids is 2. The first kappa shape index (κ1) is 24.1. The maximum absolute atomic E-state index is 13.0. The summed E-state index contributed by atoms with van der Waals surface area (Å²) in [6, 6.07) is 17.1. The van der Waals surface area contributed by atoms with Crippen LogP contribution in [0.4, 0.5) is 5.69 Å². The number of methoxy groups -OCH3 is 1. The normalized spacial score (nSPS) is 11.0. The number of primary amides is 1. The van der Waals surface area contributed by atoms with Crippen LogP contribution in [-0.2, 0) is 16.6 Å². The van der Waals surface area contributed by atoms with E-state index in [0.29, 0.717) is 11.3 Å². The van der Waals surface area contributed by atoms with Gasteiger partial charge in [0.2, 0.25) is 5.91 Å². The van der Waals surface area contributed by atoms with Gasteiger partial charge in [-0.05, 0) is 48.0 Å². The lowest BCUT2D eigenvalue weighted by Gasteiger charge is -2.18. The van der Waals surface area contributed by atoms with Crippen LogP contribution in [0.3, 0.4) is 0 Å². The molecule has 3 rings (SSSR count).